The first kappa shape index (κ1) is 18.0. The van der Waals surface area contributed by atoms with Gasteiger partial charge < -0.3 is 10.6 Å². The summed E-state index contributed by atoms with van der Waals surface area (Å²) < 4.78 is 0. The van der Waals surface area contributed by atoms with Crippen LogP contribution in [0.2, 0.25) is 0 Å². The van der Waals surface area contributed by atoms with Crippen molar-refractivity contribution in [3.63, 3.8) is 0 Å². The van der Waals surface area contributed by atoms with E-state index in [9.17, 15) is 9.59 Å². The molecular formula is C17H22N4O2S2. The largest absolute Gasteiger partial charge is 0.302 e. The number of rotatable bonds is 6. The van der Waals surface area contributed by atoms with Gasteiger partial charge in [-0.3, -0.25) is 9.59 Å². The summed E-state index contributed by atoms with van der Waals surface area (Å²) in [4.78, 5) is 35.9. The average Bonchev–Trinajstić information content (AvgIpc) is 3.34. The molecule has 25 heavy (non-hydrogen) atoms. The molecule has 0 saturated heterocycles. The minimum Gasteiger partial charge on any atom is -0.302 e. The van der Waals surface area contributed by atoms with Gasteiger partial charge in [-0.25, -0.2) is 9.97 Å². The van der Waals surface area contributed by atoms with Crippen LogP contribution in [-0.4, -0.2) is 21.8 Å². The Labute approximate surface area is 155 Å². The van der Waals surface area contributed by atoms with E-state index in [-0.39, 0.29) is 23.7 Å². The fourth-order valence-electron chi connectivity index (χ4n) is 3.04. The Kier molecular flexibility index (Phi) is 5.80. The van der Waals surface area contributed by atoms with Gasteiger partial charge >= 0.3 is 0 Å². The topological polar surface area (TPSA) is 84.0 Å². The van der Waals surface area contributed by atoms with Gasteiger partial charge in [-0.2, -0.15) is 0 Å². The number of thiazole rings is 2. The van der Waals surface area contributed by atoms with Crippen LogP contribution in [-0.2, 0) is 22.4 Å². The highest BCUT2D eigenvalue weighted by molar-refractivity contribution is 7.16. The second-order valence-corrected chi connectivity index (χ2v) is 8.32. The van der Waals surface area contributed by atoms with Crippen molar-refractivity contribution in [3.8, 4) is 0 Å². The molecule has 3 rings (SSSR count). The van der Waals surface area contributed by atoms with Crippen LogP contribution in [0.15, 0.2) is 12.4 Å². The molecule has 2 heterocycles. The molecule has 0 bridgehead atoms. The first-order valence-electron chi connectivity index (χ1n) is 8.61. The fraction of sp³-hybridized carbons (Fsp3) is 0.529. The first-order valence-corrected chi connectivity index (χ1v) is 10.2. The lowest BCUT2D eigenvalue weighted by Gasteiger charge is -2.17. The van der Waals surface area contributed by atoms with Gasteiger partial charge in [-0.05, 0) is 25.7 Å². The molecule has 0 aliphatic heterocycles. The van der Waals surface area contributed by atoms with Gasteiger partial charge in [0.15, 0.2) is 10.3 Å². The molecule has 0 radical (unpaired) electrons. The molecule has 6 nitrogen and oxygen atoms in total. The Morgan fingerprint density at radius 1 is 0.960 bits per heavy atom. The molecule has 1 aliphatic rings. The van der Waals surface area contributed by atoms with E-state index in [0.29, 0.717) is 10.3 Å². The molecule has 1 saturated carbocycles. The van der Waals surface area contributed by atoms with Gasteiger partial charge in [0.25, 0.3) is 0 Å². The Bertz CT molecular complexity index is 693. The van der Waals surface area contributed by atoms with Gasteiger partial charge in [0.05, 0.1) is 0 Å². The molecule has 134 valence electrons. The molecule has 0 aromatic carbocycles. The molecule has 2 aromatic heterocycles. The van der Waals surface area contributed by atoms with E-state index >= 15 is 0 Å². The number of carbonyl (C=O) groups excluding carboxylic acids is 2. The van der Waals surface area contributed by atoms with Crippen molar-refractivity contribution in [1.29, 1.82) is 0 Å². The second-order valence-electron chi connectivity index (χ2n) is 6.09. The smallest absolute Gasteiger partial charge is 0.230 e. The van der Waals surface area contributed by atoms with Crippen LogP contribution < -0.4 is 10.6 Å². The molecule has 2 atom stereocenters. The number of nitrogens with zero attached hydrogens (tertiary/aromatic N) is 2. The lowest BCUT2D eigenvalue weighted by molar-refractivity contribution is -0.128. The van der Waals surface area contributed by atoms with Gasteiger partial charge in [0, 0.05) is 34.0 Å². The number of hydrogen-bond acceptors (Lipinski definition) is 6. The van der Waals surface area contributed by atoms with E-state index in [1.54, 1.807) is 12.4 Å². The molecule has 8 heteroatoms. The third kappa shape index (κ3) is 4.24. The number of carbonyl (C=O) groups is 2. The highest BCUT2D eigenvalue weighted by Crippen LogP contribution is 2.34. The van der Waals surface area contributed by atoms with Crippen LogP contribution in [0.25, 0.3) is 0 Å². The lowest BCUT2D eigenvalue weighted by atomic mass is 9.94. The molecule has 2 unspecified atom stereocenters. The quantitative estimate of drug-likeness (QED) is 0.802. The van der Waals surface area contributed by atoms with Crippen LogP contribution in [0, 0.1) is 11.8 Å². The number of aromatic nitrogens is 2. The minimum absolute atomic E-state index is 0.108. The summed E-state index contributed by atoms with van der Waals surface area (Å²) in [6.07, 6.45) is 7.71. The van der Waals surface area contributed by atoms with Crippen molar-refractivity contribution in [1.82, 2.24) is 9.97 Å². The minimum atomic E-state index is -0.306. The molecule has 1 aliphatic carbocycles. The van der Waals surface area contributed by atoms with Gasteiger partial charge in [-0.15, -0.1) is 22.7 Å². The van der Waals surface area contributed by atoms with Gasteiger partial charge in [0.2, 0.25) is 11.8 Å². The highest BCUT2D eigenvalue weighted by Gasteiger charge is 2.38. The van der Waals surface area contributed by atoms with Crippen molar-refractivity contribution in [3.05, 3.63) is 22.1 Å². The standard InChI is InChI=1S/C17H22N4O2S2/c1-3-10-8-18-16(24-10)20-14(22)12-6-5-7-13(12)15(23)21-17-19-9-11(4-2)25-17/h8-9,12-13H,3-7H2,1-2H3,(H,18,20,22)(H,19,21,23). The van der Waals surface area contributed by atoms with E-state index in [2.05, 4.69) is 34.4 Å². The third-order valence-corrected chi connectivity index (χ3v) is 6.57. The van der Waals surface area contributed by atoms with E-state index < -0.39 is 0 Å². The highest BCUT2D eigenvalue weighted by atomic mass is 32.1. The van der Waals surface area contributed by atoms with Crippen molar-refractivity contribution in [2.45, 2.75) is 46.0 Å². The van der Waals surface area contributed by atoms with E-state index in [4.69, 9.17) is 0 Å². The Hall–Kier alpha value is -1.80. The van der Waals surface area contributed by atoms with Crippen molar-refractivity contribution < 1.29 is 9.59 Å². The monoisotopic (exact) mass is 378 g/mol. The zero-order valence-corrected chi connectivity index (χ0v) is 16.0. The zero-order chi connectivity index (χ0) is 17.8. The van der Waals surface area contributed by atoms with Crippen LogP contribution in [0.5, 0.6) is 0 Å². The van der Waals surface area contributed by atoms with Gasteiger partial charge in [0.1, 0.15) is 0 Å². The lowest BCUT2D eigenvalue weighted by Crippen LogP contribution is -2.33. The van der Waals surface area contributed by atoms with E-state index in [0.717, 1.165) is 41.9 Å². The number of anilines is 2. The number of nitrogens with one attached hydrogen (secondary N) is 2. The summed E-state index contributed by atoms with van der Waals surface area (Å²) in [5, 5.41) is 6.97. The molecule has 2 aromatic rings. The Balaban J connectivity index is 1.62. The molecule has 0 spiro atoms. The fourth-order valence-corrected chi connectivity index (χ4v) is 4.55. The maximum absolute atomic E-state index is 12.6. The van der Waals surface area contributed by atoms with E-state index in [1.807, 2.05) is 0 Å². The summed E-state index contributed by atoms with van der Waals surface area (Å²) >= 11 is 2.97. The Morgan fingerprint density at radius 3 is 1.76 bits per heavy atom. The van der Waals surface area contributed by atoms with Crippen LogP contribution in [0.3, 0.4) is 0 Å². The molecule has 2 N–H and O–H groups in total. The summed E-state index contributed by atoms with van der Waals surface area (Å²) in [7, 11) is 0. The van der Waals surface area contributed by atoms with E-state index in [1.165, 1.54) is 22.7 Å². The summed E-state index contributed by atoms with van der Waals surface area (Å²) in [6, 6.07) is 0. The van der Waals surface area contributed by atoms with Gasteiger partial charge in [-0.1, -0.05) is 20.3 Å². The zero-order valence-electron chi connectivity index (χ0n) is 14.4. The predicted molar refractivity (Wildman–Crippen MR) is 101 cm³/mol. The molecule has 2 amide bonds. The summed E-state index contributed by atoms with van der Waals surface area (Å²) in [5.74, 6) is -0.828. The van der Waals surface area contributed by atoms with Crippen molar-refractivity contribution in [2.24, 2.45) is 11.8 Å². The summed E-state index contributed by atoms with van der Waals surface area (Å²) in [6.45, 7) is 4.11. The Morgan fingerprint density at radius 2 is 1.40 bits per heavy atom. The maximum Gasteiger partial charge on any atom is 0.230 e. The molecular weight excluding hydrogens is 356 g/mol. The summed E-state index contributed by atoms with van der Waals surface area (Å²) in [5.41, 5.74) is 0. The van der Waals surface area contributed by atoms with Crippen molar-refractivity contribution >= 4 is 44.8 Å². The van der Waals surface area contributed by atoms with Crippen molar-refractivity contribution in [2.75, 3.05) is 10.6 Å². The number of amides is 2. The maximum atomic E-state index is 12.6. The number of aryl methyl sites for hydroxylation is 2. The normalized spacial score (nSPS) is 19.8. The van der Waals surface area contributed by atoms with Crippen LogP contribution >= 0.6 is 22.7 Å². The third-order valence-electron chi connectivity index (χ3n) is 4.45. The second kappa shape index (κ2) is 8.05. The number of hydrogen-bond donors (Lipinski definition) is 2. The first-order chi connectivity index (χ1) is 12.1. The van der Waals surface area contributed by atoms with Crippen LogP contribution in [0.1, 0.15) is 42.9 Å². The van der Waals surface area contributed by atoms with Crippen LogP contribution in [0.4, 0.5) is 10.3 Å². The predicted octanol–water partition coefficient (Wildman–Crippen LogP) is 3.72. The SMILES string of the molecule is CCc1cnc(NC(=O)C2CCCC2C(=O)Nc2ncc(CC)s2)s1. The average molecular weight is 379 g/mol. The molecule has 1 fully saturated rings.